The van der Waals surface area contributed by atoms with Crippen molar-refractivity contribution in [3.05, 3.63) is 0 Å². The molecule has 6 fully saturated rings. The van der Waals surface area contributed by atoms with Crippen molar-refractivity contribution in [2.75, 3.05) is 126 Å². The minimum absolute atomic E-state index is 0.278. The molecule has 10 nitrogen and oxygen atoms in total. The van der Waals surface area contributed by atoms with Gasteiger partial charge in [0.1, 0.15) is 6.29 Å². The molecule has 5 N–H and O–H groups in total. The van der Waals surface area contributed by atoms with Gasteiger partial charge in [-0.1, -0.05) is 0 Å². The van der Waals surface area contributed by atoms with Crippen molar-refractivity contribution in [3.8, 4) is 0 Å². The predicted molar refractivity (Wildman–Crippen MR) is 268 cm³/mol. The number of hydrogen-bond acceptors (Lipinski definition) is 10. The molecule has 0 aromatic heterocycles. The Kier molecular flexibility index (Phi) is 42.5. The summed E-state index contributed by atoms with van der Waals surface area (Å²) in [6.45, 7) is 18.9. The molecule has 0 saturated carbocycles. The van der Waals surface area contributed by atoms with Gasteiger partial charge in [-0.3, -0.25) is 0 Å². The zero-order chi connectivity index (χ0) is 40.4. The standard InChI is InChI=1S/C13H26N2O.C12H24N2O.C7H16N2.C6H10O2.5HI.2V/c1-14-10-12-2-6-15(7-3-12)11-13-4-8-16-9-5-13;13-9-11-1-5-14(6-2-11)10-12-3-7-15-8-4-12;1-8-6-7-2-4-9-5-3-7;7-5-6-1-3-8-4-2-6;;;;;;;/h12-14H,2-11H2,1H3;11-12H,1-10,13H2;7-9H,2-6H2,1H3;5-6H,1-4H2;5*1H;;/q;;;;;;;;;+2;+3/p-5. The average Bonchev–Trinajstić information content (AvgIpc) is 3.22. The number of nitrogens with two attached hydrogens (primary N) is 1. The van der Waals surface area contributed by atoms with Crippen molar-refractivity contribution < 1.29 is 33.4 Å². The summed E-state index contributed by atoms with van der Waals surface area (Å²) in [5.41, 5.74) is 5.70. The van der Waals surface area contributed by atoms with Gasteiger partial charge in [-0.15, -0.1) is 0 Å². The van der Waals surface area contributed by atoms with Crippen LogP contribution in [0.1, 0.15) is 77.0 Å². The van der Waals surface area contributed by atoms with E-state index in [2.05, 4.69) is 133 Å². The van der Waals surface area contributed by atoms with Crippen molar-refractivity contribution in [2.45, 2.75) is 77.0 Å². The molecule has 17 heteroatoms. The van der Waals surface area contributed by atoms with E-state index >= 15 is 0 Å². The monoisotopic (exact) mass is 1420 g/mol. The zero-order valence-electron chi connectivity index (χ0n) is 33.9. The molecule has 0 amide bonds. The van der Waals surface area contributed by atoms with Crippen molar-refractivity contribution in [2.24, 2.45) is 41.2 Å². The minimum atomic E-state index is -0.278. The molecule has 6 heterocycles. The second kappa shape index (κ2) is 40.9. The Hall–Kier alpha value is 4.13. The first-order chi connectivity index (χ1) is 26.8. The number of aldehydes is 1. The molecule has 0 bridgehead atoms. The van der Waals surface area contributed by atoms with Crippen LogP contribution in [0.15, 0.2) is 0 Å². The van der Waals surface area contributed by atoms with Gasteiger partial charge in [0, 0.05) is 58.6 Å². The number of rotatable bonds is 10. The Morgan fingerprint density at radius 3 is 1.31 bits per heavy atom. The van der Waals surface area contributed by atoms with Crippen LogP contribution in [0.5, 0.6) is 0 Å². The first-order valence-corrected chi connectivity index (χ1v) is 43.3. The first-order valence-electron chi connectivity index (χ1n) is 20.8. The van der Waals surface area contributed by atoms with Crippen LogP contribution in [-0.4, -0.2) is 142 Å². The van der Waals surface area contributed by atoms with Crippen molar-refractivity contribution in [1.82, 2.24) is 25.8 Å². The van der Waals surface area contributed by atoms with Crippen LogP contribution in [-0.2, 0) is 33.4 Å². The molecule has 55 heavy (non-hydrogen) atoms. The van der Waals surface area contributed by atoms with E-state index in [9.17, 15) is 4.79 Å². The van der Waals surface area contributed by atoms with E-state index < -0.39 is 0 Å². The third-order valence-electron chi connectivity index (χ3n) is 11.4. The van der Waals surface area contributed by atoms with E-state index in [-0.39, 0.29) is 10.8 Å². The van der Waals surface area contributed by atoms with Crippen LogP contribution >= 0.6 is 99.9 Å². The molecule has 0 aromatic carbocycles. The van der Waals surface area contributed by atoms with Gasteiger partial charge in [0.15, 0.2) is 0 Å². The second-order valence-corrected chi connectivity index (χ2v) is 62.6. The van der Waals surface area contributed by atoms with E-state index in [0.717, 1.165) is 94.9 Å². The fraction of sp³-hybridized carbons (Fsp3) is 0.974. The number of piperidine rings is 3. The summed E-state index contributed by atoms with van der Waals surface area (Å²) in [6, 6.07) is 0. The average molecular weight is 1420 g/mol. The fourth-order valence-electron chi connectivity index (χ4n) is 7.88. The summed E-state index contributed by atoms with van der Waals surface area (Å²) >= 11 is 12.1. The molecule has 0 atom stereocenters. The summed E-state index contributed by atoms with van der Waals surface area (Å²) in [5.74, 6) is 4.69. The molecule has 0 aliphatic carbocycles. The molecule has 6 rings (SSSR count). The Labute approximate surface area is 403 Å². The maximum atomic E-state index is 10.1. The molecule has 0 radical (unpaired) electrons. The van der Waals surface area contributed by atoms with Crippen LogP contribution in [0.25, 0.3) is 0 Å². The normalized spacial score (nSPS) is 22.9. The van der Waals surface area contributed by atoms with Gasteiger partial charge in [0.2, 0.25) is 0 Å². The van der Waals surface area contributed by atoms with E-state index in [1.807, 2.05) is 7.05 Å². The van der Waals surface area contributed by atoms with Crippen LogP contribution < -0.4 is 21.7 Å². The summed E-state index contributed by atoms with van der Waals surface area (Å²) in [4.78, 5) is 15.1. The number of hydrogen-bond donors (Lipinski definition) is 4. The molecule has 0 aromatic rings. The summed E-state index contributed by atoms with van der Waals surface area (Å²) in [7, 11) is 4.72. The van der Waals surface area contributed by atoms with Crippen LogP contribution in [0.3, 0.4) is 0 Å². The maximum absolute atomic E-state index is 10.1. The van der Waals surface area contributed by atoms with Crippen LogP contribution in [0.2, 0.25) is 0 Å². The van der Waals surface area contributed by atoms with Gasteiger partial charge in [-0.2, -0.15) is 0 Å². The Morgan fingerprint density at radius 1 is 0.636 bits per heavy atom. The number of likely N-dealkylation sites (tertiary alicyclic amines) is 2. The second-order valence-electron chi connectivity index (χ2n) is 15.5. The molecule has 6 saturated heterocycles. The van der Waals surface area contributed by atoms with E-state index in [1.165, 1.54) is 130 Å². The van der Waals surface area contributed by atoms with Crippen LogP contribution in [0.4, 0.5) is 0 Å². The fourth-order valence-corrected chi connectivity index (χ4v) is 7.88. The molecule has 6 aliphatic heterocycles. The molecule has 0 spiro atoms. The summed E-state index contributed by atoms with van der Waals surface area (Å²) < 4.78 is 15.8. The van der Waals surface area contributed by atoms with Crippen molar-refractivity contribution in [1.29, 1.82) is 0 Å². The van der Waals surface area contributed by atoms with Crippen molar-refractivity contribution >= 4 is 106 Å². The molecular weight excluding hydrogens is 1340 g/mol. The third-order valence-corrected chi connectivity index (χ3v) is 11.4. The zero-order valence-corrected chi connectivity index (χ0v) is 47.5. The first kappa shape index (κ1) is 57.1. The van der Waals surface area contributed by atoms with Gasteiger partial charge < -0.3 is 50.5 Å². The predicted octanol–water partition coefficient (Wildman–Crippen LogP) is 7.67. The number of nitrogens with one attached hydrogen (secondary N) is 3. The van der Waals surface area contributed by atoms with Crippen molar-refractivity contribution in [3.63, 3.8) is 0 Å². The molecule has 0 unspecified atom stereocenters. The number of ether oxygens (including phenoxy) is 3. The number of nitrogens with zero attached hydrogens (tertiary/aromatic N) is 2. The Morgan fingerprint density at radius 2 is 0.982 bits per heavy atom. The van der Waals surface area contributed by atoms with Gasteiger partial charge in [-0.05, 0) is 180 Å². The molecule has 327 valence electrons. The Balaban J connectivity index is 0.000000357. The summed E-state index contributed by atoms with van der Waals surface area (Å²) in [6.07, 6.45) is 16.0. The number of carbonyl (C=O) groups is 1. The number of carbonyl (C=O) groups excluding carboxylic acids is 1. The van der Waals surface area contributed by atoms with Gasteiger partial charge >= 0.3 is 114 Å². The van der Waals surface area contributed by atoms with E-state index in [0.29, 0.717) is 9.47 Å². The van der Waals surface area contributed by atoms with Gasteiger partial charge in [0.05, 0.1) is 0 Å². The molecule has 6 aliphatic rings. The molecular formula is C38H76I5N6O4V2. The van der Waals surface area contributed by atoms with E-state index in [4.69, 9.17) is 19.9 Å². The topological polar surface area (TPSA) is 113 Å². The third kappa shape index (κ3) is 33.3. The van der Waals surface area contributed by atoms with Crippen LogP contribution in [0, 0.1) is 35.5 Å². The SMILES string of the molecule is CNCC1CCN(CC2CCOCC2)CC1.CNCC1CCNCC1.NCC1CCN(CC2CCOCC2)CC1.O=CC1CCOCC1.[I][V]([I])[I].[I][V][I]. The number of halogens is 5. The quantitative estimate of drug-likeness (QED) is 0.129. The van der Waals surface area contributed by atoms with E-state index in [1.54, 1.807) is 0 Å². The van der Waals surface area contributed by atoms with Gasteiger partial charge in [-0.25, -0.2) is 0 Å². The Bertz CT molecular complexity index is 830. The van der Waals surface area contributed by atoms with Gasteiger partial charge in [0.25, 0.3) is 0 Å². The summed E-state index contributed by atoms with van der Waals surface area (Å²) in [5, 5.41) is 9.85.